The Bertz CT molecular complexity index is 385. The summed E-state index contributed by atoms with van der Waals surface area (Å²) < 4.78 is 0. The molecule has 3 atom stereocenters. The van der Waals surface area contributed by atoms with Crippen LogP contribution in [-0.4, -0.2) is 25.7 Å². The van der Waals surface area contributed by atoms with Crippen LogP contribution < -0.4 is 10.2 Å². The van der Waals surface area contributed by atoms with Crippen molar-refractivity contribution in [1.29, 1.82) is 0 Å². The Hall–Kier alpha value is -1.02. The Kier molecular flexibility index (Phi) is 4.87. The first-order valence-corrected chi connectivity index (χ1v) is 7.70. The second-order valence-electron chi connectivity index (χ2n) is 5.89. The van der Waals surface area contributed by atoms with Gasteiger partial charge in [-0.2, -0.15) is 0 Å². The largest absolute Gasteiger partial charge is 0.368 e. The number of aryl methyl sites for hydroxylation is 1. The Balaban J connectivity index is 2.09. The van der Waals surface area contributed by atoms with Crippen LogP contribution in [0, 0.1) is 5.92 Å². The first-order valence-electron chi connectivity index (χ1n) is 7.70. The van der Waals surface area contributed by atoms with E-state index in [1.165, 1.54) is 30.5 Å². The van der Waals surface area contributed by atoms with Crippen LogP contribution >= 0.6 is 0 Å². The van der Waals surface area contributed by atoms with Gasteiger partial charge in [-0.1, -0.05) is 32.4 Å². The number of benzene rings is 1. The standard InChI is InChI=1S/C17H28N2/c1-5-6-15-7-9-16(10-8-15)19-12-11-17(18-4)13(2)14(19)3/h7-10,13-14,17-18H,5-6,11-12H2,1-4H3. The van der Waals surface area contributed by atoms with Gasteiger partial charge in [-0.3, -0.25) is 0 Å². The summed E-state index contributed by atoms with van der Waals surface area (Å²) in [5.74, 6) is 0.689. The number of piperidine rings is 1. The van der Waals surface area contributed by atoms with Gasteiger partial charge in [-0.15, -0.1) is 0 Å². The van der Waals surface area contributed by atoms with Crippen LogP contribution in [0.5, 0.6) is 0 Å². The number of nitrogens with one attached hydrogen (secondary N) is 1. The third kappa shape index (κ3) is 3.11. The lowest BCUT2D eigenvalue weighted by atomic mass is 9.86. The molecule has 0 radical (unpaired) electrons. The highest BCUT2D eigenvalue weighted by Gasteiger charge is 2.31. The highest BCUT2D eigenvalue weighted by molar-refractivity contribution is 5.49. The molecule has 0 aromatic heterocycles. The molecule has 1 N–H and O–H groups in total. The van der Waals surface area contributed by atoms with Gasteiger partial charge in [0.25, 0.3) is 0 Å². The zero-order chi connectivity index (χ0) is 13.8. The smallest absolute Gasteiger partial charge is 0.0368 e. The molecule has 0 saturated carbocycles. The van der Waals surface area contributed by atoms with Crippen molar-refractivity contribution in [3.05, 3.63) is 29.8 Å². The molecule has 1 heterocycles. The quantitative estimate of drug-likeness (QED) is 0.892. The summed E-state index contributed by atoms with van der Waals surface area (Å²) in [5.41, 5.74) is 2.84. The molecule has 0 spiro atoms. The fourth-order valence-corrected chi connectivity index (χ4v) is 3.28. The van der Waals surface area contributed by atoms with Gasteiger partial charge in [0, 0.05) is 24.3 Å². The average molecular weight is 260 g/mol. The maximum Gasteiger partial charge on any atom is 0.0368 e. The van der Waals surface area contributed by atoms with E-state index in [-0.39, 0.29) is 0 Å². The summed E-state index contributed by atoms with van der Waals surface area (Å²) in [6, 6.07) is 10.4. The first-order chi connectivity index (χ1) is 9.17. The zero-order valence-electron chi connectivity index (χ0n) is 12.8. The lowest BCUT2D eigenvalue weighted by Gasteiger charge is -2.44. The van der Waals surface area contributed by atoms with Crippen LogP contribution in [0.3, 0.4) is 0 Å². The van der Waals surface area contributed by atoms with Crippen molar-refractivity contribution in [2.24, 2.45) is 5.92 Å². The molecular weight excluding hydrogens is 232 g/mol. The molecule has 19 heavy (non-hydrogen) atoms. The van der Waals surface area contributed by atoms with Crippen molar-refractivity contribution in [3.63, 3.8) is 0 Å². The van der Waals surface area contributed by atoms with Crippen molar-refractivity contribution in [3.8, 4) is 0 Å². The molecule has 1 aliphatic heterocycles. The van der Waals surface area contributed by atoms with Crippen LogP contribution in [0.2, 0.25) is 0 Å². The minimum Gasteiger partial charge on any atom is -0.368 e. The first kappa shape index (κ1) is 14.4. The molecule has 0 amide bonds. The normalized spacial score (nSPS) is 27.6. The highest BCUT2D eigenvalue weighted by atomic mass is 15.2. The number of rotatable bonds is 4. The third-order valence-electron chi connectivity index (χ3n) is 4.75. The predicted octanol–water partition coefficient (Wildman–Crippen LogP) is 3.46. The maximum absolute atomic E-state index is 3.46. The predicted molar refractivity (Wildman–Crippen MR) is 83.9 cm³/mol. The van der Waals surface area contributed by atoms with Crippen LogP contribution in [0.25, 0.3) is 0 Å². The van der Waals surface area contributed by atoms with Gasteiger partial charge in [0.15, 0.2) is 0 Å². The molecule has 3 unspecified atom stereocenters. The summed E-state index contributed by atoms with van der Waals surface area (Å²) in [6.45, 7) is 8.11. The van der Waals surface area contributed by atoms with E-state index in [1.54, 1.807) is 0 Å². The molecular formula is C17H28N2. The fourth-order valence-electron chi connectivity index (χ4n) is 3.28. The van der Waals surface area contributed by atoms with E-state index < -0.39 is 0 Å². The summed E-state index contributed by atoms with van der Waals surface area (Å²) in [6.07, 6.45) is 3.65. The van der Waals surface area contributed by atoms with Crippen molar-refractivity contribution in [2.75, 3.05) is 18.5 Å². The second kappa shape index (κ2) is 6.42. The van der Waals surface area contributed by atoms with E-state index in [4.69, 9.17) is 0 Å². The van der Waals surface area contributed by atoms with Crippen LogP contribution in [0.4, 0.5) is 5.69 Å². The minimum absolute atomic E-state index is 0.600. The molecule has 0 aliphatic carbocycles. The van der Waals surface area contributed by atoms with Gasteiger partial charge < -0.3 is 10.2 Å². The van der Waals surface area contributed by atoms with Gasteiger partial charge in [0.05, 0.1) is 0 Å². The average Bonchev–Trinajstić information content (AvgIpc) is 2.43. The minimum atomic E-state index is 0.600. The molecule has 1 aromatic rings. The molecule has 106 valence electrons. The SMILES string of the molecule is CCCc1ccc(N2CCC(NC)C(C)C2C)cc1. The van der Waals surface area contributed by atoms with E-state index in [0.29, 0.717) is 18.0 Å². The Labute approximate surface area is 118 Å². The lowest BCUT2D eigenvalue weighted by Crippen LogP contribution is -2.52. The molecule has 1 aliphatic rings. The molecule has 1 aromatic carbocycles. The lowest BCUT2D eigenvalue weighted by molar-refractivity contribution is 0.283. The highest BCUT2D eigenvalue weighted by Crippen LogP contribution is 2.28. The van der Waals surface area contributed by atoms with Crippen molar-refractivity contribution in [2.45, 2.75) is 52.1 Å². The molecule has 1 fully saturated rings. The fraction of sp³-hybridized carbons (Fsp3) is 0.647. The van der Waals surface area contributed by atoms with Crippen molar-refractivity contribution >= 4 is 5.69 Å². The zero-order valence-corrected chi connectivity index (χ0v) is 12.8. The number of nitrogens with zero attached hydrogens (tertiary/aromatic N) is 1. The van der Waals surface area contributed by atoms with Gasteiger partial charge >= 0.3 is 0 Å². The number of anilines is 1. The monoisotopic (exact) mass is 260 g/mol. The van der Waals surface area contributed by atoms with E-state index in [1.807, 2.05) is 0 Å². The molecule has 1 saturated heterocycles. The van der Waals surface area contributed by atoms with Crippen LogP contribution in [0.1, 0.15) is 39.2 Å². The molecule has 2 heteroatoms. The summed E-state index contributed by atoms with van der Waals surface area (Å²) in [4.78, 5) is 2.56. The van der Waals surface area contributed by atoms with Crippen molar-refractivity contribution in [1.82, 2.24) is 5.32 Å². The van der Waals surface area contributed by atoms with E-state index in [0.717, 1.165) is 6.54 Å². The third-order valence-corrected chi connectivity index (χ3v) is 4.75. The van der Waals surface area contributed by atoms with Gasteiger partial charge in [-0.25, -0.2) is 0 Å². The van der Waals surface area contributed by atoms with Gasteiger partial charge in [0.1, 0.15) is 0 Å². The molecule has 2 nitrogen and oxygen atoms in total. The van der Waals surface area contributed by atoms with E-state index in [2.05, 4.69) is 62.3 Å². The van der Waals surface area contributed by atoms with E-state index >= 15 is 0 Å². The number of hydrogen-bond donors (Lipinski definition) is 1. The Morgan fingerprint density at radius 3 is 2.47 bits per heavy atom. The second-order valence-corrected chi connectivity index (χ2v) is 5.89. The van der Waals surface area contributed by atoms with Crippen molar-refractivity contribution < 1.29 is 0 Å². The Morgan fingerprint density at radius 2 is 1.89 bits per heavy atom. The summed E-state index contributed by atoms with van der Waals surface area (Å²) in [5, 5.41) is 3.46. The molecule has 0 bridgehead atoms. The topological polar surface area (TPSA) is 15.3 Å². The number of hydrogen-bond acceptors (Lipinski definition) is 2. The molecule has 2 rings (SSSR count). The van der Waals surface area contributed by atoms with Gasteiger partial charge in [0.2, 0.25) is 0 Å². The van der Waals surface area contributed by atoms with E-state index in [9.17, 15) is 0 Å². The van der Waals surface area contributed by atoms with Crippen LogP contribution in [-0.2, 0) is 6.42 Å². The summed E-state index contributed by atoms with van der Waals surface area (Å²) in [7, 11) is 2.09. The summed E-state index contributed by atoms with van der Waals surface area (Å²) >= 11 is 0. The maximum atomic E-state index is 3.46. The van der Waals surface area contributed by atoms with Crippen LogP contribution in [0.15, 0.2) is 24.3 Å². The van der Waals surface area contributed by atoms with Gasteiger partial charge in [-0.05, 0) is 50.4 Å². The Morgan fingerprint density at radius 1 is 1.21 bits per heavy atom.